The summed E-state index contributed by atoms with van der Waals surface area (Å²) in [4.78, 5) is 27.5. The van der Waals surface area contributed by atoms with Gasteiger partial charge in [0.25, 0.3) is 0 Å². The van der Waals surface area contributed by atoms with Gasteiger partial charge in [-0.3, -0.25) is 14.6 Å². The van der Waals surface area contributed by atoms with Gasteiger partial charge < -0.3 is 10.4 Å². The number of hydrogen-bond donors (Lipinski definition) is 2. The van der Waals surface area contributed by atoms with Gasteiger partial charge in [0.15, 0.2) is 0 Å². The van der Waals surface area contributed by atoms with Gasteiger partial charge in [-0.15, -0.1) is 0 Å². The molecule has 1 aliphatic rings. The summed E-state index contributed by atoms with van der Waals surface area (Å²) in [5.41, 5.74) is 0.922. The van der Waals surface area contributed by atoms with Crippen LogP contribution < -0.4 is 5.32 Å². The number of carboxylic acids is 1. The van der Waals surface area contributed by atoms with Crippen LogP contribution in [0.3, 0.4) is 0 Å². The van der Waals surface area contributed by atoms with E-state index in [4.69, 9.17) is 0 Å². The molecule has 5 nitrogen and oxygen atoms in total. The Balaban J connectivity index is 1.83. The van der Waals surface area contributed by atoms with Gasteiger partial charge >= 0.3 is 5.97 Å². The monoisotopic (exact) mass is 276 g/mol. The number of hydrogen-bond acceptors (Lipinski definition) is 3. The van der Waals surface area contributed by atoms with Crippen LogP contribution in [0.4, 0.5) is 0 Å². The fraction of sp³-hybridized carbons (Fsp3) is 0.533. The van der Waals surface area contributed by atoms with Crippen molar-refractivity contribution in [2.24, 2.45) is 11.8 Å². The Kier molecular flexibility index (Phi) is 5.09. The van der Waals surface area contributed by atoms with Crippen LogP contribution >= 0.6 is 0 Å². The molecule has 1 amide bonds. The summed E-state index contributed by atoms with van der Waals surface area (Å²) < 4.78 is 0. The fourth-order valence-corrected chi connectivity index (χ4v) is 2.73. The molecule has 2 N–H and O–H groups in total. The van der Waals surface area contributed by atoms with E-state index in [2.05, 4.69) is 10.3 Å². The smallest absolute Gasteiger partial charge is 0.307 e. The van der Waals surface area contributed by atoms with Crippen LogP contribution in [-0.4, -0.2) is 28.5 Å². The Labute approximate surface area is 118 Å². The van der Waals surface area contributed by atoms with Crippen molar-refractivity contribution < 1.29 is 14.7 Å². The van der Waals surface area contributed by atoms with E-state index in [1.54, 1.807) is 6.20 Å². The molecule has 2 rings (SSSR count). The molecule has 2 atom stereocenters. The Morgan fingerprint density at radius 1 is 1.25 bits per heavy atom. The first-order chi connectivity index (χ1) is 9.68. The SMILES string of the molecule is O=C(O)[C@H]1CCCC[C@H]1C(=O)NCCc1ccccn1. The lowest BCUT2D eigenvalue weighted by Crippen LogP contribution is -2.40. The maximum atomic E-state index is 12.1. The van der Waals surface area contributed by atoms with E-state index in [0.29, 0.717) is 25.8 Å². The normalized spacial score (nSPS) is 22.2. The molecule has 1 aliphatic carbocycles. The van der Waals surface area contributed by atoms with E-state index >= 15 is 0 Å². The number of carbonyl (C=O) groups is 2. The molecule has 0 aliphatic heterocycles. The highest BCUT2D eigenvalue weighted by Gasteiger charge is 2.35. The average Bonchev–Trinajstić information content (AvgIpc) is 2.48. The third-order valence-electron chi connectivity index (χ3n) is 3.83. The molecule has 1 heterocycles. The quantitative estimate of drug-likeness (QED) is 0.856. The number of nitrogens with one attached hydrogen (secondary N) is 1. The predicted octanol–water partition coefficient (Wildman–Crippen LogP) is 1.63. The second kappa shape index (κ2) is 7.03. The lowest BCUT2D eigenvalue weighted by Gasteiger charge is -2.27. The summed E-state index contributed by atoms with van der Waals surface area (Å²) >= 11 is 0. The molecule has 108 valence electrons. The number of pyridine rings is 1. The van der Waals surface area contributed by atoms with E-state index in [1.165, 1.54) is 0 Å². The third kappa shape index (κ3) is 3.79. The maximum absolute atomic E-state index is 12.1. The van der Waals surface area contributed by atoms with Gasteiger partial charge in [-0.25, -0.2) is 0 Å². The molecule has 0 bridgehead atoms. The molecule has 0 spiro atoms. The number of carbonyl (C=O) groups excluding carboxylic acids is 1. The van der Waals surface area contributed by atoms with Crippen LogP contribution in [0.5, 0.6) is 0 Å². The van der Waals surface area contributed by atoms with Crippen molar-refractivity contribution in [1.29, 1.82) is 0 Å². The van der Waals surface area contributed by atoms with Gasteiger partial charge in [0.1, 0.15) is 0 Å². The zero-order valence-electron chi connectivity index (χ0n) is 11.4. The Hall–Kier alpha value is -1.91. The van der Waals surface area contributed by atoms with Crippen LogP contribution in [0.1, 0.15) is 31.4 Å². The van der Waals surface area contributed by atoms with Crippen molar-refractivity contribution in [3.63, 3.8) is 0 Å². The minimum Gasteiger partial charge on any atom is -0.481 e. The minimum atomic E-state index is -0.852. The average molecular weight is 276 g/mol. The summed E-state index contributed by atoms with van der Waals surface area (Å²) in [6.45, 7) is 0.499. The molecular formula is C15H20N2O3. The number of carboxylic acid groups (broad SMARTS) is 1. The van der Waals surface area contributed by atoms with E-state index < -0.39 is 11.9 Å². The van der Waals surface area contributed by atoms with E-state index in [0.717, 1.165) is 18.5 Å². The summed E-state index contributed by atoms with van der Waals surface area (Å²) in [7, 11) is 0. The molecule has 1 aromatic rings. The van der Waals surface area contributed by atoms with Crippen LogP contribution in [0, 0.1) is 11.8 Å². The summed E-state index contributed by atoms with van der Waals surface area (Å²) in [6.07, 6.45) is 5.49. The summed E-state index contributed by atoms with van der Waals surface area (Å²) in [5, 5.41) is 12.0. The highest BCUT2D eigenvalue weighted by atomic mass is 16.4. The standard InChI is InChI=1S/C15H20N2O3/c18-14(12-6-1-2-7-13(12)15(19)20)17-10-8-11-5-3-4-9-16-11/h3-5,9,12-13H,1-2,6-8,10H2,(H,17,18)(H,19,20)/t12-,13+/m1/s1. The van der Waals surface area contributed by atoms with Gasteiger partial charge in [-0.2, -0.15) is 0 Å². The Bertz CT molecular complexity index is 461. The first kappa shape index (κ1) is 14.5. The van der Waals surface area contributed by atoms with Crippen LogP contribution in [-0.2, 0) is 16.0 Å². The lowest BCUT2D eigenvalue weighted by molar-refractivity contribution is -0.148. The van der Waals surface area contributed by atoms with Gasteiger partial charge in [0.05, 0.1) is 11.8 Å². The van der Waals surface area contributed by atoms with Gasteiger partial charge in [0.2, 0.25) is 5.91 Å². The van der Waals surface area contributed by atoms with Crippen LogP contribution in [0.25, 0.3) is 0 Å². The first-order valence-electron chi connectivity index (χ1n) is 7.09. The second-order valence-corrected chi connectivity index (χ2v) is 5.20. The van der Waals surface area contributed by atoms with Crippen molar-refractivity contribution in [2.45, 2.75) is 32.1 Å². The van der Waals surface area contributed by atoms with Gasteiger partial charge in [-0.1, -0.05) is 18.9 Å². The molecule has 0 aromatic carbocycles. The van der Waals surface area contributed by atoms with Crippen LogP contribution in [0.15, 0.2) is 24.4 Å². The zero-order valence-corrected chi connectivity index (χ0v) is 11.4. The molecule has 1 saturated carbocycles. The van der Waals surface area contributed by atoms with E-state index in [1.807, 2.05) is 18.2 Å². The van der Waals surface area contributed by atoms with Crippen molar-refractivity contribution in [2.75, 3.05) is 6.54 Å². The molecule has 0 unspecified atom stereocenters. The highest BCUT2D eigenvalue weighted by Crippen LogP contribution is 2.30. The van der Waals surface area contributed by atoms with Crippen molar-refractivity contribution >= 4 is 11.9 Å². The topological polar surface area (TPSA) is 79.3 Å². The number of amides is 1. The van der Waals surface area contributed by atoms with Crippen LogP contribution in [0.2, 0.25) is 0 Å². The molecule has 0 saturated heterocycles. The van der Waals surface area contributed by atoms with Crippen molar-refractivity contribution in [3.8, 4) is 0 Å². The molecule has 20 heavy (non-hydrogen) atoms. The lowest BCUT2D eigenvalue weighted by atomic mass is 9.78. The summed E-state index contributed by atoms with van der Waals surface area (Å²) in [5.74, 6) is -1.90. The minimum absolute atomic E-state index is 0.131. The van der Waals surface area contributed by atoms with Crippen molar-refractivity contribution in [3.05, 3.63) is 30.1 Å². The van der Waals surface area contributed by atoms with E-state index in [-0.39, 0.29) is 11.8 Å². The van der Waals surface area contributed by atoms with Gasteiger partial charge in [-0.05, 0) is 25.0 Å². The number of rotatable bonds is 5. The number of aromatic nitrogens is 1. The summed E-state index contributed by atoms with van der Waals surface area (Å²) in [6, 6.07) is 5.67. The number of nitrogens with zero attached hydrogens (tertiary/aromatic N) is 1. The fourth-order valence-electron chi connectivity index (χ4n) is 2.73. The number of aliphatic carboxylic acids is 1. The maximum Gasteiger partial charge on any atom is 0.307 e. The molecule has 0 radical (unpaired) electrons. The van der Waals surface area contributed by atoms with Crippen molar-refractivity contribution in [1.82, 2.24) is 10.3 Å². The largest absolute Gasteiger partial charge is 0.481 e. The van der Waals surface area contributed by atoms with E-state index in [9.17, 15) is 14.7 Å². The first-order valence-corrected chi connectivity index (χ1v) is 7.09. The van der Waals surface area contributed by atoms with Gasteiger partial charge in [0, 0.05) is 24.9 Å². The Morgan fingerprint density at radius 3 is 2.65 bits per heavy atom. The Morgan fingerprint density at radius 2 is 2.00 bits per heavy atom. The highest BCUT2D eigenvalue weighted by molar-refractivity contribution is 5.84. The zero-order chi connectivity index (χ0) is 14.4. The molecule has 1 fully saturated rings. The third-order valence-corrected chi connectivity index (χ3v) is 3.83. The molecule has 1 aromatic heterocycles. The molecular weight excluding hydrogens is 256 g/mol. The second-order valence-electron chi connectivity index (χ2n) is 5.20. The predicted molar refractivity (Wildman–Crippen MR) is 74.0 cm³/mol. The molecule has 5 heteroatoms.